The Morgan fingerprint density at radius 3 is 2.74 bits per heavy atom. The van der Waals surface area contributed by atoms with Crippen LogP contribution in [-0.4, -0.2) is 22.1 Å². The van der Waals surface area contributed by atoms with E-state index < -0.39 is 12.0 Å². The lowest BCUT2D eigenvalue weighted by molar-refractivity contribution is 0.0510. The molecule has 0 amide bonds. The molecule has 5 heteroatoms. The fourth-order valence-corrected chi connectivity index (χ4v) is 1.94. The van der Waals surface area contributed by atoms with Crippen molar-refractivity contribution in [1.82, 2.24) is 9.55 Å². The van der Waals surface area contributed by atoms with Gasteiger partial charge in [0.2, 0.25) is 0 Å². The number of carbonyl (C=O) groups is 1. The van der Waals surface area contributed by atoms with Gasteiger partial charge in [-0.25, -0.2) is 9.78 Å². The predicted octanol–water partition coefficient (Wildman–Crippen LogP) is 2.81. The molecule has 1 aromatic heterocycles. The van der Waals surface area contributed by atoms with Gasteiger partial charge in [-0.3, -0.25) is 4.57 Å². The maximum absolute atomic E-state index is 13.8. The molecular formula is C14H15FN2O2. The number of hydrogen-bond acceptors (Lipinski definition) is 3. The largest absolute Gasteiger partial charge is 0.461 e. The standard InChI is InChI=1S/C14H15FN2O2/c1-3-19-13(18)12-9-16-14(15)17(12)10(2)11-7-5-4-6-8-11/h4-10H,3H2,1-2H3/t10-/m1/s1. The molecule has 0 unspecified atom stereocenters. The van der Waals surface area contributed by atoms with Gasteiger partial charge in [0.05, 0.1) is 18.8 Å². The molecule has 0 radical (unpaired) electrons. The number of nitrogens with zero attached hydrogens (tertiary/aromatic N) is 2. The Balaban J connectivity index is 2.39. The third kappa shape index (κ3) is 2.65. The van der Waals surface area contributed by atoms with Gasteiger partial charge in [0, 0.05) is 0 Å². The quantitative estimate of drug-likeness (QED) is 0.796. The molecule has 0 bridgehead atoms. The Labute approximate surface area is 110 Å². The van der Waals surface area contributed by atoms with Crippen LogP contribution in [0.4, 0.5) is 4.39 Å². The SMILES string of the molecule is CCOC(=O)c1cnc(F)n1[C@H](C)c1ccccc1. The highest BCUT2D eigenvalue weighted by molar-refractivity contribution is 5.87. The highest BCUT2D eigenvalue weighted by Gasteiger charge is 2.22. The Bertz CT molecular complexity index is 566. The molecule has 19 heavy (non-hydrogen) atoms. The maximum Gasteiger partial charge on any atom is 0.356 e. The van der Waals surface area contributed by atoms with Gasteiger partial charge >= 0.3 is 5.97 Å². The number of imidazole rings is 1. The molecule has 0 saturated heterocycles. The molecule has 4 nitrogen and oxygen atoms in total. The fraction of sp³-hybridized carbons (Fsp3) is 0.286. The van der Waals surface area contributed by atoms with Gasteiger partial charge < -0.3 is 4.74 Å². The molecule has 0 saturated carbocycles. The average molecular weight is 262 g/mol. The Kier molecular flexibility index (Phi) is 3.94. The topological polar surface area (TPSA) is 44.1 Å². The third-order valence-corrected chi connectivity index (χ3v) is 2.91. The Morgan fingerprint density at radius 1 is 1.42 bits per heavy atom. The zero-order valence-electron chi connectivity index (χ0n) is 10.8. The van der Waals surface area contributed by atoms with Gasteiger partial charge in [-0.15, -0.1) is 0 Å². The highest BCUT2D eigenvalue weighted by Crippen LogP contribution is 2.21. The summed E-state index contributed by atoms with van der Waals surface area (Å²) in [6, 6.07) is 9.03. The van der Waals surface area contributed by atoms with E-state index in [2.05, 4.69) is 4.98 Å². The molecule has 0 aliphatic rings. The lowest BCUT2D eigenvalue weighted by Crippen LogP contribution is -2.17. The molecule has 0 N–H and O–H groups in total. The first-order valence-corrected chi connectivity index (χ1v) is 6.10. The Morgan fingerprint density at radius 2 is 2.11 bits per heavy atom. The zero-order valence-corrected chi connectivity index (χ0v) is 10.8. The molecule has 2 rings (SSSR count). The molecule has 0 aliphatic heterocycles. The van der Waals surface area contributed by atoms with Crippen molar-refractivity contribution in [3.8, 4) is 0 Å². The van der Waals surface area contributed by atoms with Crippen LogP contribution in [0, 0.1) is 6.08 Å². The number of hydrogen-bond donors (Lipinski definition) is 0. The van der Waals surface area contributed by atoms with Crippen LogP contribution < -0.4 is 0 Å². The van der Waals surface area contributed by atoms with Crippen molar-refractivity contribution in [1.29, 1.82) is 0 Å². The molecule has 1 atom stereocenters. The predicted molar refractivity (Wildman–Crippen MR) is 68.4 cm³/mol. The van der Waals surface area contributed by atoms with Gasteiger partial charge in [0.25, 0.3) is 6.08 Å². The second kappa shape index (κ2) is 5.65. The van der Waals surface area contributed by atoms with E-state index in [1.54, 1.807) is 6.92 Å². The smallest absolute Gasteiger partial charge is 0.356 e. The van der Waals surface area contributed by atoms with E-state index in [0.29, 0.717) is 0 Å². The van der Waals surface area contributed by atoms with Crippen LogP contribution in [0.5, 0.6) is 0 Å². The van der Waals surface area contributed by atoms with Crippen LogP contribution in [0.25, 0.3) is 0 Å². The average Bonchev–Trinajstić information content (AvgIpc) is 2.81. The van der Waals surface area contributed by atoms with Gasteiger partial charge in [0.1, 0.15) is 5.69 Å². The van der Waals surface area contributed by atoms with Crippen LogP contribution in [0.1, 0.15) is 35.9 Å². The van der Waals surface area contributed by atoms with Crippen molar-refractivity contribution in [2.24, 2.45) is 0 Å². The second-order valence-corrected chi connectivity index (χ2v) is 4.09. The first kappa shape index (κ1) is 13.3. The minimum absolute atomic E-state index is 0.121. The van der Waals surface area contributed by atoms with Crippen molar-refractivity contribution in [2.75, 3.05) is 6.61 Å². The number of ether oxygens (including phenoxy) is 1. The van der Waals surface area contributed by atoms with E-state index in [1.165, 1.54) is 10.8 Å². The fourth-order valence-electron chi connectivity index (χ4n) is 1.94. The molecule has 1 heterocycles. The number of halogens is 1. The van der Waals surface area contributed by atoms with Gasteiger partial charge in [-0.2, -0.15) is 4.39 Å². The number of benzene rings is 1. The molecule has 2 aromatic rings. The van der Waals surface area contributed by atoms with E-state index in [9.17, 15) is 9.18 Å². The highest BCUT2D eigenvalue weighted by atomic mass is 19.1. The zero-order chi connectivity index (χ0) is 13.8. The first-order chi connectivity index (χ1) is 9.15. The van der Waals surface area contributed by atoms with E-state index >= 15 is 0 Å². The Hall–Kier alpha value is -2.17. The van der Waals surface area contributed by atoms with Crippen LogP contribution in [0.3, 0.4) is 0 Å². The van der Waals surface area contributed by atoms with Crippen LogP contribution in [0.2, 0.25) is 0 Å². The summed E-state index contributed by atoms with van der Waals surface area (Å²) in [5.41, 5.74) is 1.01. The van der Waals surface area contributed by atoms with Crippen LogP contribution in [-0.2, 0) is 4.74 Å². The number of rotatable bonds is 4. The minimum atomic E-state index is -0.695. The van der Waals surface area contributed by atoms with Crippen LogP contribution in [0.15, 0.2) is 36.5 Å². The summed E-state index contributed by atoms with van der Waals surface area (Å²) in [6.45, 7) is 3.75. The van der Waals surface area contributed by atoms with Crippen molar-refractivity contribution >= 4 is 5.97 Å². The monoisotopic (exact) mass is 262 g/mol. The first-order valence-electron chi connectivity index (χ1n) is 6.10. The molecule has 0 spiro atoms. The lowest BCUT2D eigenvalue weighted by Gasteiger charge is -2.16. The summed E-state index contributed by atoms with van der Waals surface area (Å²) in [4.78, 5) is 15.3. The lowest BCUT2D eigenvalue weighted by atomic mass is 10.1. The molecular weight excluding hydrogens is 247 g/mol. The van der Waals surface area contributed by atoms with Gasteiger partial charge in [-0.05, 0) is 19.4 Å². The van der Waals surface area contributed by atoms with E-state index in [0.717, 1.165) is 5.56 Å². The van der Waals surface area contributed by atoms with Crippen LogP contribution >= 0.6 is 0 Å². The second-order valence-electron chi connectivity index (χ2n) is 4.09. The minimum Gasteiger partial charge on any atom is -0.461 e. The van der Waals surface area contributed by atoms with Crippen molar-refractivity contribution in [3.05, 3.63) is 53.9 Å². The van der Waals surface area contributed by atoms with Gasteiger partial charge in [0.15, 0.2) is 0 Å². The number of aromatic nitrogens is 2. The molecule has 0 fully saturated rings. The molecule has 1 aromatic carbocycles. The maximum atomic E-state index is 13.8. The normalized spacial score (nSPS) is 12.2. The van der Waals surface area contributed by atoms with Crippen molar-refractivity contribution in [2.45, 2.75) is 19.9 Å². The van der Waals surface area contributed by atoms with Crippen molar-refractivity contribution < 1.29 is 13.9 Å². The summed E-state index contributed by atoms with van der Waals surface area (Å²) in [6.07, 6.45) is 0.506. The summed E-state index contributed by atoms with van der Waals surface area (Å²) in [7, 11) is 0. The van der Waals surface area contributed by atoms with E-state index in [4.69, 9.17) is 4.74 Å². The van der Waals surface area contributed by atoms with Gasteiger partial charge in [-0.1, -0.05) is 30.3 Å². The molecule has 0 aliphatic carbocycles. The number of carbonyl (C=O) groups excluding carboxylic acids is 1. The summed E-state index contributed by atoms with van der Waals surface area (Å²) in [5, 5.41) is 0. The summed E-state index contributed by atoms with van der Waals surface area (Å²) in [5.74, 6) is -0.568. The summed E-state index contributed by atoms with van der Waals surface area (Å²) >= 11 is 0. The summed E-state index contributed by atoms with van der Waals surface area (Å²) < 4.78 is 19.9. The number of esters is 1. The van der Waals surface area contributed by atoms with E-state index in [1.807, 2.05) is 37.3 Å². The van der Waals surface area contributed by atoms with Crippen molar-refractivity contribution in [3.63, 3.8) is 0 Å². The van der Waals surface area contributed by atoms with E-state index in [-0.39, 0.29) is 18.3 Å². The third-order valence-electron chi connectivity index (χ3n) is 2.91. The molecule has 100 valence electrons.